The highest BCUT2D eigenvalue weighted by atomic mass is 79.9. The fourth-order valence-corrected chi connectivity index (χ4v) is 2.99. The van der Waals surface area contributed by atoms with Crippen LogP contribution in [0.15, 0.2) is 16.6 Å². The standard InChI is InChI=1S/C15H14BrClN2O2/c1-3-11-8(2)14(17)19-15(18-11)9-6-10(16)13-12(7-9)20-4-5-21-13/h6-7H,3-5H2,1-2H3. The van der Waals surface area contributed by atoms with Crippen molar-refractivity contribution >= 4 is 27.5 Å². The Labute approximate surface area is 136 Å². The van der Waals surface area contributed by atoms with E-state index in [0.29, 0.717) is 29.9 Å². The summed E-state index contributed by atoms with van der Waals surface area (Å²) in [5.41, 5.74) is 2.73. The van der Waals surface area contributed by atoms with E-state index in [1.54, 1.807) is 0 Å². The van der Waals surface area contributed by atoms with Crippen molar-refractivity contribution in [2.24, 2.45) is 0 Å². The molecule has 1 aromatic carbocycles. The van der Waals surface area contributed by atoms with Crippen molar-refractivity contribution in [2.75, 3.05) is 13.2 Å². The second-order valence-corrected chi connectivity index (χ2v) is 5.96. The largest absolute Gasteiger partial charge is 0.486 e. The first-order chi connectivity index (χ1) is 10.1. The molecule has 0 spiro atoms. The van der Waals surface area contributed by atoms with Gasteiger partial charge < -0.3 is 9.47 Å². The van der Waals surface area contributed by atoms with E-state index in [-0.39, 0.29) is 0 Å². The summed E-state index contributed by atoms with van der Waals surface area (Å²) in [5.74, 6) is 2.02. The molecule has 0 radical (unpaired) electrons. The van der Waals surface area contributed by atoms with Crippen LogP contribution in [0.3, 0.4) is 0 Å². The normalized spacial score (nSPS) is 13.3. The lowest BCUT2D eigenvalue weighted by Gasteiger charge is -2.20. The molecule has 0 saturated carbocycles. The molecule has 0 saturated heterocycles. The van der Waals surface area contributed by atoms with Crippen LogP contribution < -0.4 is 9.47 Å². The van der Waals surface area contributed by atoms with Crippen LogP contribution >= 0.6 is 27.5 Å². The molecule has 0 bridgehead atoms. The zero-order valence-corrected chi connectivity index (χ0v) is 14.1. The van der Waals surface area contributed by atoms with E-state index >= 15 is 0 Å². The summed E-state index contributed by atoms with van der Waals surface area (Å²) in [4.78, 5) is 8.98. The van der Waals surface area contributed by atoms with E-state index < -0.39 is 0 Å². The summed E-state index contributed by atoms with van der Waals surface area (Å²) in [6, 6.07) is 3.81. The Hall–Kier alpha value is -1.33. The first kappa shape index (κ1) is 14.6. The molecule has 0 fully saturated rings. The Morgan fingerprint density at radius 3 is 2.76 bits per heavy atom. The topological polar surface area (TPSA) is 44.2 Å². The predicted molar refractivity (Wildman–Crippen MR) is 85.3 cm³/mol. The van der Waals surface area contributed by atoms with E-state index in [0.717, 1.165) is 33.5 Å². The molecule has 0 unspecified atom stereocenters. The van der Waals surface area contributed by atoms with Crippen molar-refractivity contribution in [1.82, 2.24) is 9.97 Å². The Morgan fingerprint density at radius 2 is 2.00 bits per heavy atom. The Morgan fingerprint density at radius 1 is 1.24 bits per heavy atom. The average molecular weight is 370 g/mol. The molecule has 2 heterocycles. The Kier molecular flexibility index (Phi) is 4.04. The van der Waals surface area contributed by atoms with Crippen molar-refractivity contribution < 1.29 is 9.47 Å². The maximum Gasteiger partial charge on any atom is 0.175 e. The first-order valence-corrected chi connectivity index (χ1v) is 7.89. The van der Waals surface area contributed by atoms with Crippen molar-refractivity contribution in [3.63, 3.8) is 0 Å². The molecule has 1 aliphatic rings. The number of rotatable bonds is 2. The van der Waals surface area contributed by atoms with Gasteiger partial charge in [0.05, 0.1) is 4.47 Å². The van der Waals surface area contributed by atoms with E-state index in [4.69, 9.17) is 21.1 Å². The SMILES string of the molecule is CCc1nc(-c2cc(Br)c3c(c2)OCCO3)nc(Cl)c1C. The molecule has 3 rings (SSSR count). The minimum atomic E-state index is 0.489. The van der Waals surface area contributed by atoms with Gasteiger partial charge in [-0.25, -0.2) is 9.97 Å². The molecule has 1 aliphatic heterocycles. The molecular formula is C15H14BrClN2O2. The summed E-state index contributed by atoms with van der Waals surface area (Å²) in [6.45, 7) is 5.08. The maximum atomic E-state index is 6.21. The highest BCUT2D eigenvalue weighted by Gasteiger charge is 2.19. The molecule has 0 N–H and O–H groups in total. The van der Waals surface area contributed by atoms with Crippen molar-refractivity contribution in [1.29, 1.82) is 0 Å². The summed E-state index contributed by atoms with van der Waals surface area (Å²) >= 11 is 9.72. The van der Waals surface area contributed by atoms with Crippen molar-refractivity contribution in [3.8, 4) is 22.9 Å². The van der Waals surface area contributed by atoms with Crippen LogP contribution in [0.2, 0.25) is 5.15 Å². The summed E-state index contributed by atoms with van der Waals surface area (Å²) in [7, 11) is 0. The highest BCUT2D eigenvalue weighted by molar-refractivity contribution is 9.10. The number of aryl methyl sites for hydroxylation is 1. The summed E-state index contributed by atoms with van der Waals surface area (Å²) in [5, 5.41) is 0.489. The van der Waals surface area contributed by atoms with E-state index in [2.05, 4.69) is 32.8 Å². The predicted octanol–water partition coefficient (Wildman–Crippen LogP) is 4.20. The number of halogens is 2. The van der Waals surface area contributed by atoms with Gasteiger partial charge in [0, 0.05) is 16.8 Å². The zero-order chi connectivity index (χ0) is 15.0. The summed E-state index contributed by atoms with van der Waals surface area (Å²) < 4.78 is 12.1. The quantitative estimate of drug-likeness (QED) is 0.744. The van der Waals surface area contributed by atoms with Gasteiger partial charge in [-0.15, -0.1) is 0 Å². The lowest BCUT2D eigenvalue weighted by molar-refractivity contribution is 0.170. The minimum Gasteiger partial charge on any atom is -0.486 e. The van der Waals surface area contributed by atoms with Crippen LogP contribution in [0, 0.1) is 6.92 Å². The average Bonchev–Trinajstić information content (AvgIpc) is 2.50. The molecular weight excluding hydrogens is 356 g/mol. The monoisotopic (exact) mass is 368 g/mol. The fraction of sp³-hybridized carbons (Fsp3) is 0.333. The van der Waals surface area contributed by atoms with Gasteiger partial charge in [0.2, 0.25) is 0 Å². The van der Waals surface area contributed by atoms with Crippen molar-refractivity contribution in [2.45, 2.75) is 20.3 Å². The molecule has 0 atom stereocenters. The van der Waals surface area contributed by atoms with E-state index in [1.165, 1.54) is 0 Å². The molecule has 1 aromatic heterocycles. The number of aromatic nitrogens is 2. The van der Waals surface area contributed by atoms with E-state index in [9.17, 15) is 0 Å². The van der Waals surface area contributed by atoms with E-state index in [1.807, 2.05) is 19.1 Å². The molecule has 6 heteroatoms. The van der Waals surface area contributed by atoms with Gasteiger partial charge in [-0.1, -0.05) is 18.5 Å². The number of hydrogen-bond acceptors (Lipinski definition) is 4. The smallest absolute Gasteiger partial charge is 0.175 e. The third-order valence-electron chi connectivity index (χ3n) is 3.38. The van der Waals surface area contributed by atoms with Crippen LogP contribution in [0.5, 0.6) is 11.5 Å². The van der Waals surface area contributed by atoms with Crippen LogP contribution in [0.25, 0.3) is 11.4 Å². The van der Waals surface area contributed by atoms with Gasteiger partial charge in [-0.05, 0) is 41.4 Å². The minimum absolute atomic E-state index is 0.489. The maximum absolute atomic E-state index is 6.21. The van der Waals surface area contributed by atoms with Gasteiger partial charge in [-0.3, -0.25) is 0 Å². The van der Waals surface area contributed by atoms with Gasteiger partial charge in [0.1, 0.15) is 18.4 Å². The number of nitrogens with zero attached hydrogens (tertiary/aromatic N) is 2. The molecule has 0 amide bonds. The molecule has 21 heavy (non-hydrogen) atoms. The lowest BCUT2D eigenvalue weighted by atomic mass is 10.1. The molecule has 0 aliphatic carbocycles. The molecule has 4 nitrogen and oxygen atoms in total. The van der Waals surface area contributed by atoms with Gasteiger partial charge in [0.15, 0.2) is 17.3 Å². The zero-order valence-electron chi connectivity index (χ0n) is 11.7. The van der Waals surface area contributed by atoms with Gasteiger partial charge in [-0.2, -0.15) is 0 Å². The second kappa shape index (κ2) is 5.81. The Balaban J connectivity index is 2.13. The third-order valence-corrected chi connectivity index (χ3v) is 4.33. The third kappa shape index (κ3) is 2.72. The second-order valence-electron chi connectivity index (χ2n) is 4.75. The van der Waals surface area contributed by atoms with Gasteiger partial charge >= 0.3 is 0 Å². The van der Waals surface area contributed by atoms with Crippen LogP contribution in [-0.2, 0) is 6.42 Å². The highest BCUT2D eigenvalue weighted by Crippen LogP contribution is 2.40. The Bertz CT molecular complexity index is 707. The first-order valence-electron chi connectivity index (χ1n) is 6.72. The number of hydrogen-bond donors (Lipinski definition) is 0. The van der Waals surface area contributed by atoms with Crippen LogP contribution in [0.4, 0.5) is 0 Å². The van der Waals surface area contributed by atoms with Crippen LogP contribution in [-0.4, -0.2) is 23.2 Å². The fourth-order valence-electron chi connectivity index (χ4n) is 2.25. The summed E-state index contributed by atoms with van der Waals surface area (Å²) in [6.07, 6.45) is 0.812. The number of fused-ring (bicyclic) bond motifs is 1. The molecule has 110 valence electrons. The number of benzene rings is 1. The lowest BCUT2D eigenvalue weighted by Crippen LogP contribution is -2.15. The van der Waals surface area contributed by atoms with Gasteiger partial charge in [0.25, 0.3) is 0 Å². The van der Waals surface area contributed by atoms with Crippen LogP contribution in [0.1, 0.15) is 18.2 Å². The number of ether oxygens (including phenoxy) is 2. The molecule has 2 aromatic rings. The van der Waals surface area contributed by atoms with Crippen molar-refractivity contribution in [3.05, 3.63) is 33.0 Å².